The second-order valence-electron chi connectivity index (χ2n) is 6.37. The van der Waals surface area contributed by atoms with Crippen molar-refractivity contribution in [1.29, 1.82) is 0 Å². The van der Waals surface area contributed by atoms with E-state index >= 15 is 0 Å². The van der Waals surface area contributed by atoms with E-state index in [2.05, 4.69) is 20.5 Å². The van der Waals surface area contributed by atoms with E-state index in [4.69, 9.17) is 15.2 Å². The van der Waals surface area contributed by atoms with E-state index in [1.54, 1.807) is 37.4 Å². The third kappa shape index (κ3) is 5.46. The summed E-state index contributed by atoms with van der Waals surface area (Å²) in [4.78, 5) is 16.8. The highest BCUT2D eigenvalue weighted by molar-refractivity contribution is 6.04. The Morgan fingerprint density at radius 3 is 2.48 bits per heavy atom. The molecule has 1 heterocycles. The first-order valence-electron chi connectivity index (χ1n) is 8.88. The molecule has 2 aromatic carbocycles. The Balaban J connectivity index is 0.00000300. The first kappa shape index (κ1) is 22.2. The number of halogens is 1. The van der Waals surface area contributed by atoms with Crippen molar-refractivity contribution < 1.29 is 14.3 Å². The first-order valence-corrected chi connectivity index (χ1v) is 8.88. The van der Waals surface area contributed by atoms with Crippen molar-refractivity contribution in [1.82, 2.24) is 15.2 Å². The van der Waals surface area contributed by atoms with Gasteiger partial charge in [-0.15, -0.1) is 12.4 Å². The average Bonchev–Trinajstić information content (AvgIpc) is 3.17. The molecule has 0 bridgehead atoms. The molecule has 1 aromatic heterocycles. The first-order chi connectivity index (χ1) is 13.5. The van der Waals surface area contributed by atoms with Crippen LogP contribution in [0.1, 0.15) is 30.0 Å². The summed E-state index contributed by atoms with van der Waals surface area (Å²) in [5, 5.41) is 9.75. The molecule has 8 nitrogen and oxygen atoms in total. The topological polar surface area (TPSA) is 115 Å². The maximum Gasteiger partial charge on any atom is 0.255 e. The largest absolute Gasteiger partial charge is 0.493 e. The lowest BCUT2D eigenvalue weighted by molar-refractivity contribution is 0.102. The summed E-state index contributed by atoms with van der Waals surface area (Å²) >= 11 is 0. The molecule has 0 fully saturated rings. The van der Waals surface area contributed by atoms with E-state index in [1.165, 1.54) is 0 Å². The molecule has 0 atom stereocenters. The smallest absolute Gasteiger partial charge is 0.255 e. The van der Waals surface area contributed by atoms with Gasteiger partial charge in [-0.25, -0.2) is 4.98 Å². The zero-order valence-electron chi connectivity index (χ0n) is 16.4. The van der Waals surface area contributed by atoms with E-state index in [0.717, 1.165) is 5.56 Å². The number of ether oxygens (including phenoxy) is 2. The van der Waals surface area contributed by atoms with Crippen LogP contribution in [-0.2, 0) is 6.54 Å². The van der Waals surface area contributed by atoms with Gasteiger partial charge in [0.2, 0.25) is 0 Å². The van der Waals surface area contributed by atoms with E-state index in [-0.39, 0.29) is 24.4 Å². The molecule has 1 amide bonds. The molecule has 3 rings (SSSR count). The number of nitrogens with one attached hydrogen (secondary N) is 2. The molecule has 0 aliphatic carbocycles. The number of nitrogens with zero attached hydrogens (tertiary/aromatic N) is 2. The van der Waals surface area contributed by atoms with Crippen molar-refractivity contribution in [2.45, 2.75) is 26.5 Å². The molecule has 0 aliphatic heterocycles. The number of amides is 1. The van der Waals surface area contributed by atoms with Gasteiger partial charge in [0.25, 0.3) is 5.91 Å². The van der Waals surface area contributed by atoms with Crippen LogP contribution in [0.5, 0.6) is 11.5 Å². The predicted molar refractivity (Wildman–Crippen MR) is 114 cm³/mol. The third-order valence-electron chi connectivity index (χ3n) is 3.91. The Morgan fingerprint density at radius 1 is 1.17 bits per heavy atom. The van der Waals surface area contributed by atoms with Crippen LogP contribution < -0.4 is 20.5 Å². The lowest BCUT2D eigenvalue weighted by atomic mass is 10.1. The average molecular weight is 418 g/mol. The molecule has 0 saturated carbocycles. The molecular weight excluding hydrogens is 394 g/mol. The van der Waals surface area contributed by atoms with Crippen LogP contribution in [-0.4, -0.2) is 34.3 Å². The molecule has 3 aromatic rings. The van der Waals surface area contributed by atoms with Gasteiger partial charge < -0.3 is 20.5 Å². The Kier molecular flexibility index (Phi) is 7.58. The summed E-state index contributed by atoms with van der Waals surface area (Å²) in [6.07, 6.45) is 0.0111. The van der Waals surface area contributed by atoms with Gasteiger partial charge >= 0.3 is 0 Å². The molecule has 29 heavy (non-hydrogen) atoms. The zero-order chi connectivity index (χ0) is 20.1. The van der Waals surface area contributed by atoms with Gasteiger partial charge in [0, 0.05) is 16.8 Å². The van der Waals surface area contributed by atoms with Crippen LogP contribution in [0.3, 0.4) is 0 Å². The van der Waals surface area contributed by atoms with Gasteiger partial charge in [0.1, 0.15) is 5.82 Å². The molecular formula is C20H24ClN5O3. The van der Waals surface area contributed by atoms with Gasteiger partial charge in [-0.1, -0.05) is 0 Å². The zero-order valence-corrected chi connectivity index (χ0v) is 17.2. The molecule has 154 valence electrons. The monoisotopic (exact) mass is 417 g/mol. The molecule has 0 aliphatic rings. The van der Waals surface area contributed by atoms with Crippen molar-refractivity contribution in [2.24, 2.45) is 5.73 Å². The standard InChI is InChI=1S/C20H23N5O3.ClH/c1-12(2)28-16-9-6-14(10-17(16)27-3)20(26)22-15-7-4-13(5-8-15)19-23-18(11-21)24-25-19;/h4-10,12H,11,21H2,1-3H3,(H,22,26)(H,23,24,25);1H. The van der Waals surface area contributed by atoms with Gasteiger partial charge in [-0.3, -0.25) is 9.89 Å². The quantitative estimate of drug-likeness (QED) is 0.542. The van der Waals surface area contributed by atoms with E-state index < -0.39 is 0 Å². The van der Waals surface area contributed by atoms with Gasteiger partial charge in [0.15, 0.2) is 17.3 Å². The van der Waals surface area contributed by atoms with Crippen LogP contribution in [0.2, 0.25) is 0 Å². The van der Waals surface area contributed by atoms with Gasteiger partial charge in [-0.2, -0.15) is 5.10 Å². The second-order valence-corrected chi connectivity index (χ2v) is 6.37. The number of H-pyrrole nitrogens is 1. The number of anilines is 1. The van der Waals surface area contributed by atoms with Crippen LogP contribution in [0.15, 0.2) is 42.5 Å². The maximum atomic E-state index is 12.6. The predicted octanol–water partition coefficient (Wildman–Crippen LogP) is 3.40. The van der Waals surface area contributed by atoms with Crippen LogP contribution in [0.25, 0.3) is 11.4 Å². The van der Waals surface area contributed by atoms with Crippen molar-refractivity contribution in [3.63, 3.8) is 0 Å². The number of rotatable bonds is 7. The number of aromatic amines is 1. The highest BCUT2D eigenvalue weighted by atomic mass is 35.5. The Morgan fingerprint density at radius 2 is 1.90 bits per heavy atom. The van der Waals surface area contributed by atoms with Crippen molar-refractivity contribution in [3.05, 3.63) is 53.9 Å². The number of benzene rings is 2. The van der Waals surface area contributed by atoms with Gasteiger partial charge in [0.05, 0.1) is 19.8 Å². The summed E-state index contributed by atoms with van der Waals surface area (Å²) in [5.74, 6) is 2.04. The normalized spacial score (nSPS) is 10.4. The fourth-order valence-electron chi connectivity index (χ4n) is 2.58. The summed E-state index contributed by atoms with van der Waals surface area (Å²) in [5.41, 5.74) is 7.48. The van der Waals surface area contributed by atoms with Crippen molar-refractivity contribution in [2.75, 3.05) is 12.4 Å². The Labute approximate surface area is 175 Å². The highest BCUT2D eigenvalue weighted by Gasteiger charge is 2.13. The molecule has 4 N–H and O–H groups in total. The Hall–Kier alpha value is -3.10. The van der Waals surface area contributed by atoms with Gasteiger partial charge in [-0.05, 0) is 56.3 Å². The number of methoxy groups -OCH3 is 1. The number of hydrogen-bond donors (Lipinski definition) is 3. The molecule has 0 spiro atoms. The summed E-state index contributed by atoms with van der Waals surface area (Å²) < 4.78 is 11.0. The second kappa shape index (κ2) is 9.90. The van der Waals surface area contributed by atoms with Crippen molar-refractivity contribution >= 4 is 24.0 Å². The minimum Gasteiger partial charge on any atom is -0.493 e. The number of carbonyl (C=O) groups is 1. The number of hydrogen-bond acceptors (Lipinski definition) is 6. The van der Waals surface area contributed by atoms with Crippen LogP contribution in [0, 0.1) is 0 Å². The summed E-state index contributed by atoms with van der Waals surface area (Å²) in [6, 6.07) is 12.3. The van der Waals surface area contributed by atoms with Crippen molar-refractivity contribution in [3.8, 4) is 22.9 Å². The Bertz CT molecular complexity index is 957. The maximum absolute atomic E-state index is 12.6. The SMILES string of the molecule is COc1cc(C(=O)Nc2ccc(-c3n[nH]c(CN)n3)cc2)ccc1OC(C)C.Cl. The molecule has 0 radical (unpaired) electrons. The third-order valence-corrected chi connectivity index (χ3v) is 3.91. The minimum atomic E-state index is -0.245. The molecule has 9 heteroatoms. The van der Waals surface area contributed by atoms with Crippen LogP contribution >= 0.6 is 12.4 Å². The van der Waals surface area contributed by atoms with E-state index in [0.29, 0.717) is 40.9 Å². The minimum absolute atomic E-state index is 0. The van der Waals surface area contributed by atoms with E-state index in [1.807, 2.05) is 26.0 Å². The van der Waals surface area contributed by atoms with E-state index in [9.17, 15) is 4.79 Å². The fraction of sp³-hybridized carbons (Fsp3) is 0.250. The molecule has 0 saturated heterocycles. The number of aromatic nitrogens is 3. The lowest BCUT2D eigenvalue weighted by Gasteiger charge is -2.14. The number of carbonyl (C=O) groups excluding carboxylic acids is 1. The van der Waals surface area contributed by atoms with Crippen LogP contribution in [0.4, 0.5) is 5.69 Å². The molecule has 0 unspecified atom stereocenters. The highest BCUT2D eigenvalue weighted by Crippen LogP contribution is 2.29. The number of nitrogens with two attached hydrogens (primary N) is 1. The lowest BCUT2D eigenvalue weighted by Crippen LogP contribution is -2.13. The summed E-state index contributed by atoms with van der Waals surface area (Å²) in [7, 11) is 1.54. The summed E-state index contributed by atoms with van der Waals surface area (Å²) in [6.45, 7) is 4.16. The fourth-order valence-corrected chi connectivity index (χ4v) is 2.58.